The van der Waals surface area contributed by atoms with Gasteiger partial charge in [0.05, 0.1) is 0 Å². The van der Waals surface area contributed by atoms with Gasteiger partial charge in [-0.2, -0.15) is 11.8 Å². The summed E-state index contributed by atoms with van der Waals surface area (Å²) >= 11 is 2.13. The van der Waals surface area contributed by atoms with Crippen molar-refractivity contribution in [1.29, 1.82) is 0 Å². The van der Waals surface area contributed by atoms with Crippen LogP contribution in [0, 0.1) is 5.92 Å². The zero-order valence-electron chi connectivity index (χ0n) is 12.4. The third-order valence-corrected chi connectivity index (χ3v) is 5.96. The van der Waals surface area contributed by atoms with E-state index in [1.807, 2.05) is 0 Å². The van der Waals surface area contributed by atoms with Crippen molar-refractivity contribution >= 4 is 11.8 Å². The Balaban J connectivity index is 1.85. The van der Waals surface area contributed by atoms with E-state index in [1.165, 1.54) is 58.3 Å². The summed E-state index contributed by atoms with van der Waals surface area (Å²) in [4.78, 5) is 2.73. The number of hydrogen-bond donors (Lipinski definition) is 1. The first-order chi connectivity index (χ1) is 8.63. The third-order valence-electron chi connectivity index (χ3n) is 4.56. The highest BCUT2D eigenvalue weighted by atomic mass is 32.2. The van der Waals surface area contributed by atoms with Crippen LogP contribution in [-0.2, 0) is 0 Å². The summed E-state index contributed by atoms with van der Waals surface area (Å²) in [5, 5.41) is 3.69. The van der Waals surface area contributed by atoms with E-state index in [1.54, 1.807) is 0 Å². The van der Waals surface area contributed by atoms with Gasteiger partial charge in [-0.05, 0) is 31.4 Å². The van der Waals surface area contributed by atoms with E-state index >= 15 is 0 Å². The van der Waals surface area contributed by atoms with E-state index in [9.17, 15) is 0 Å². The summed E-state index contributed by atoms with van der Waals surface area (Å²) in [5.74, 6) is 0.809. The maximum atomic E-state index is 3.69. The fraction of sp³-hybridized carbons (Fsp3) is 1.00. The molecule has 1 aliphatic carbocycles. The van der Waals surface area contributed by atoms with Crippen molar-refractivity contribution in [2.45, 2.75) is 56.7 Å². The Bertz CT molecular complexity index is 249. The van der Waals surface area contributed by atoms with Gasteiger partial charge >= 0.3 is 0 Å². The average Bonchev–Trinajstić information content (AvgIpc) is 2.78. The predicted octanol–water partition coefficient (Wildman–Crippen LogP) is 2.98. The van der Waals surface area contributed by atoms with Gasteiger partial charge in [0, 0.05) is 37.0 Å². The Morgan fingerprint density at radius 3 is 2.67 bits per heavy atom. The maximum absolute atomic E-state index is 3.69. The number of hydrogen-bond acceptors (Lipinski definition) is 3. The van der Waals surface area contributed by atoms with Crippen LogP contribution in [0.25, 0.3) is 0 Å². The minimum absolute atomic E-state index is 0.583. The van der Waals surface area contributed by atoms with Crippen LogP contribution in [-0.4, -0.2) is 48.1 Å². The molecular formula is C15H30N2S. The molecular weight excluding hydrogens is 240 g/mol. The highest BCUT2D eigenvalue weighted by Gasteiger charge is 2.35. The normalized spacial score (nSPS) is 29.0. The van der Waals surface area contributed by atoms with Gasteiger partial charge in [0.2, 0.25) is 0 Å². The van der Waals surface area contributed by atoms with Crippen molar-refractivity contribution in [1.82, 2.24) is 10.2 Å². The van der Waals surface area contributed by atoms with Crippen LogP contribution in [0.2, 0.25) is 0 Å². The molecule has 1 unspecified atom stereocenters. The van der Waals surface area contributed by atoms with E-state index in [2.05, 4.69) is 42.1 Å². The van der Waals surface area contributed by atoms with E-state index in [4.69, 9.17) is 0 Å². The molecule has 1 N–H and O–H groups in total. The van der Waals surface area contributed by atoms with Gasteiger partial charge in [-0.3, -0.25) is 4.90 Å². The van der Waals surface area contributed by atoms with Gasteiger partial charge in [0.15, 0.2) is 0 Å². The van der Waals surface area contributed by atoms with Crippen molar-refractivity contribution in [2.75, 3.05) is 32.4 Å². The molecule has 1 saturated heterocycles. The highest BCUT2D eigenvalue weighted by Crippen LogP contribution is 2.40. The summed E-state index contributed by atoms with van der Waals surface area (Å²) < 4.78 is 0.583. The molecule has 0 spiro atoms. The summed E-state index contributed by atoms with van der Waals surface area (Å²) in [7, 11) is 0. The zero-order chi connectivity index (χ0) is 13.0. The molecule has 2 aliphatic rings. The minimum Gasteiger partial charge on any atom is -0.311 e. The molecule has 106 valence electrons. The molecule has 0 aromatic carbocycles. The molecule has 2 fully saturated rings. The zero-order valence-corrected chi connectivity index (χ0v) is 13.2. The van der Waals surface area contributed by atoms with Crippen LogP contribution >= 0.6 is 11.8 Å². The molecule has 0 radical (unpaired) electrons. The minimum atomic E-state index is 0.583. The van der Waals surface area contributed by atoms with Crippen molar-refractivity contribution in [2.24, 2.45) is 5.92 Å². The second-order valence-corrected chi connectivity index (χ2v) is 7.88. The number of piperazine rings is 1. The predicted molar refractivity (Wildman–Crippen MR) is 82.4 cm³/mol. The third kappa shape index (κ3) is 3.88. The van der Waals surface area contributed by atoms with Gasteiger partial charge in [-0.1, -0.05) is 26.7 Å². The summed E-state index contributed by atoms with van der Waals surface area (Å²) in [5.41, 5.74) is 0. The fourth-order valence-electron chi connectivity index (χ4n) is 3.62. The van der Waals surface area contributed by atoms with Crippen LogP contribution in [0.15, 0.2) is 0 Å². The standard InChI is InChI=1S/C15H30N2S/c1-13(2)10-14-11-17(9-8-16-14)12-15(18-3)6-4-5-7-15/h13-14,16H,4-12H2,1-3H3. The summed E-state index contributed by atoms with van der Waals surface area (Å²) in [6, 6.07) is 0.721. The van der Waals surface area contributed by atoms with Crippen molar-refractivity contribution in [3.8, 4) is 0 Å². The number of nitrogens with zero attached hydrogens (tertiary/aromatic N) is 1. The summed E-state index contributed by atoms with van der Waals surface area (Å²) in [6.07, 6.45) is 9.41. The van der Waals surface area contributed by atoms with Crippen molar-refractivity contribution in [3.63, 3.8) is 0 Å². The number of thioether (sulfide) groups is 1. The summed E-state index contributed by atoms with van der Waals surface area (Å²) in [6.45, 7) is 9.69. The maximum Gasteiger partial charge on any atom is 0.0284 e. The number of nitrogens with one attached hydrogen (secondary N) is 1. The molecule has 18 heavy (non-hydrogen) atoms. The largest absolute Gasteiger partial charge is 0.311 e. The second kappa shape index (κ2) is 6.62. The molecule has 1 saturated carbocycles. The second-order valence-electron chi connectivity index (χ2n) is 6.61. The molecule has 3 heteroatoms. The topological polar surface area (TPSA) is 15.3 Å². The first-order valence-corrected chi connectivity index (χ1v) is 8.87. The molecule has 1 heterocycles. The van der Waals surface area contributed by atoms with Gasteiger partial charge < -0.3 is 5.32 Å². The lowest BCUT2D eigenvalue weighted by atomic mass is 10.00. The van der Waals surface area contributed by atoms with Crippen LogP contribution in [0.3, 0.4) is 0 Å². The van der Waals surface area contributed by atoms with E-state index in [0.717, 1.165) is 12.0 Å². The SMILES string of the molecule is CSC1(CN2CCNC(CC(C)C)C2)CCCC1. The lowest BCUT2D eigenvalue weighted by molar-refractivity contribution is 0.171. The van der Waals surface area contributed by atoms with Crippen molar-refractivity contribution in [3.05, 3.63) is 0 Å². The fourth-order valence-corrected chi connectivity index (χ4v) is 4.63. The smallest absolute Gasteiger partial charge is 0.0284 e. The first kappa shape index (κ1) is 14.7. The molecule has 2 nitrogen and oxygen atoms in total. The molecule has 0 bridgehead atoms. The van der Waals surface area contributed by atoms with Gasteiger partial charge in [-0.25, -0.2) is 0 Å². The van der Waals surface area contributed by atoms with Crippen LogP contribution in [0.5, 0.6) is 0 Å². The van der Waals surface area contributed by atoms with Gasteiger partial charge in [0.25, 0.3) is 0 Å². The van der Waals surface area contributed by atoms with Gasteiger partial charge in [0.1, 0.15) is 0 Å². The van der Waals surface area contributed by atoms with Crippen LogP contribution in [0.4, 0.5) is 0 Å². The Morgan fingerprint density at radius 2 is 2.06 bits per heavy atom. The molecule has 0 aromatic rings. The van der Waals surface area contributed by atoms with E-state index in [-0.39, 0.29) is 0 Å². The molecule has 2 rings (SSSR count). The van der Waals surface area contributed by atoms with Crippen LogP contribution < -0.4 is 5.32 Å². The Hall–Kier alpha value is 0.270. The average molecular weight is 270 g/mol. The molecule has 1 atom stereocenters. The molecule has 1 aliphatic heterocycles. The first-order valence-electron chi connectivity index (χ1n) is 7.64. The Kier molecular flexibility index (Phi) is 5.40. The molecule has 0 amide bonds. The van der Waals surface area contributed by atoms with Crippen molar-refractivity contribution < 1.29 is 0 Å². The number of rotatable bonds is 5. The van der Waals surface area contributed by atoms with E-state index in [0.29, 0.717) is 4.75 Å². The lowest BCUT2D eigenvalue weighted by Crippen LogP contribution is -2.54. The molecule has 0 aromatic heterocycles. The monoisotopic (exact) mass is 270 g/mol. The lowest BCUT2D eigenvalue weighted by Gasteiger charge is -2.39. The Labute approximate surface area is 117 Å². The highest BCUT2D eigenvalue weighted by molar-refractivity contribution is 8.00. The quantitative estimate of drug-likeness (QED) is 0.827. The van der Waals surface area contributed by atoms with E-state index < -0.39 is 0 Å². The Morgan fingerprint density at radius 1 is 1.33 bits per heavy atom. The van der Waals surface area contributed by atoms with Gasteiger partial charge in [-0.15, -0.1) is 0 Å². The van der Waals surface area contributed by atoms with Crippen LogP contribution in [0.1, 0.15) is 46.0 Å².